The number of nitrogens with one attached hydrogen (secondary N) is 1. The number of halogens is 1. The molecule has 118 valence electrons. The zero-order chi connectivity index (χ0) is 15.9. The molecule has 2 saturated carbocycles. The number of carbonyl (C=O) groups excluding carboxylic acids is 2. The molecule has 6 heteroatoms. The van der Waals surface area contributed by atoms with Crippen molar-refractivity contribution in [3.05, 3.63) is 29.6 Å². The number of urea groups is 1. The quantitative estimate of drug-likeness (QED) is 0.896. The van der Waals surface area contributed by atoms with E-state index in [0.717, 1.165) is 12.8 Å². The fourth-order valence-corrected chi connectivity index (χ4v) is 2.84. The van der Waals surface area contributed by atoms with Crippen LogP contribution in [0.25, 0.3) is 0 Å². The van der Waals surface area contributed by atoms with Crippen LogP contribution >= 0.6 is 0 Å². The van der Waals surface area contributed by atoms with E-state index in [1.165, 1.54) is 6.07 Å². The molecule has 22 heavy (non-hydrogen) atoms. The van der Waals surface area contributed by atoms with E-state index in [2.05, 4.69) is 5.32 Å². The average molecular weight is 305 g/mol. The molecule has 2 aliphatic rings. The molecule has 0 heterocycles. The zero-order valence-electron chi connectivity index (χ0n) is 12.5. The molecular weight excluding hydrogens is 285 g/mol. The first kappa shape index (κ1) is 14.8. The molecule has 1 aromatic rings. The summed E-state index contributed by atoms with van der Waals surface area (Å²) >= 11 is 0. The van der Waals surface area contributed by atoms with E-state index in [4.69, 9.17) is 5.73 Å². The lowest BCUT2D eigenvalue weighted by atomic mass is 9.79. The van der Waals surface area contributed by atoms with Gasteiger partial charge in [0.2, 0.25) is 5.91 Å². The van der Waals surface area contributed by atoms with E-state index in [-0.39, 0.29) is 35.6 Å². The molecule has 2 aliphatic carbocycles. The second-order valence-corrected chi connectivity index (χ2v) is 6.28. The molecule has 0 spiro atoms. The molecule has 3 N–H and O–H groups in total. The summed E-state index contributed by atoms with van der Waals surface area (Å²) in [5.74, 6) is -0.361. The number of carbonyl (C=O) groups is 2. The summed E-state index contributed by atoms with van der Waals surface area (Å²) in [6.07, 6.45) is 3.22. The van der Waals surface area contributed by atoms with Crippen molar-refractivity contribution in [2.45, 2.75) is 37.6 Å². The zero-order valence-corrected chi connectivity index (χ0v) is 12.5. The molecule has 0 radical (unpaired) electrons. The van der Waals surface area contributed by atoms with Crippen molar-refractivity contribution < 1.29 is 14.0 Å². The Morgan fingerprint density at radius 1 is 1.32 bits per heavy atom. The lowest BCUT2D eigenvalue weighted by Crippen LogP contribution is -2.50. The van der Waals surface area contributed by atoms with Gasteiger partial charge in [0.15, 0.2) is 0 Å². The van der Waals surface area contributed by atoms with Crippen molar-refractivity contribution >= 4 is 17.6 Å². The average Bonchev–Trinajstić information content (AvgIpc) is 3.23. The second kappa shape index (κ2) is 5.59. The second-order valence-electron chi connectivity index (χ2n) is 6.28. The Hall–Kier alpha value is -2.11. The summed E-state index contributed by atoms with van der Waals surface area (Å²) in [5.41, 5.74) is 6.51. The largest absolute Gasteiger partial charge is 0.369 e. The van der Waals surface area contributed by atoms with Gasteiger partial charge in [0.25, 0.3) is 0 Å². The van der Waals surface area contributed by atoms with Gasteiger partial charge in [-0.3, -0.25) is 4.79 Å². The maximum Gasteiger partial charge on any atom is 0.321 e. The summed E-state index contributed by atoms with van der Waals surface area (Å²) in [5, 5.41) is 2.79. The maximum absolute atomic E-state index is 13.7. The van der Waals surface area contributed by atoms with Gasteiger partial charge in [0, 0.05) is 24.7 Å². The highest BCUT2D eigenvalue weighted by molar-refractivity contribution is 5.89. The minimum absolute atomic E-state index is 0.0286. The van der Waals surface area contributed by atoms with Gasteiger partial charge in [-0.05, 0) is 55.4 Å². The Bertz CT molecular complexity index is 609. The van der Waals surface area contributed by atoms with Crippen LogP contribution in [0.3, 0.4) is 0 Å². The van der Waals surface area contributed by atoms with E-state index in [1.54, 1.807) is 24.1 Å². The third-order valence-electron chi connectivity index (χ3n) is 4.65. The molecule has 0 bridgehead atoms. The van der Waals surface area contributed by atoms with Crippen LogP contribution in [-0.4, -0.2) is 29.9 Å². The van der Waals surface area contributed by atoms with Crippen molar-refractivity contribution in [2.75, 3.05) is 12.4 Å². The molecule has 0 atom stereocenters. The lowest BCUT2D eigenvalue weighted by Gasteiger charge is -2.39. The first-order valence-electron chi connectivity index (χ1n) is 7.58. The van der Waals surface area contributed by atoms with Crippen LogP contribution in [0.1, 0.15) is 37.2 Å². The molecule has 1 aromatic carbocycles. The summed E-state index contributed by atoms with van der Waals surface area (Å²) in [6.45, 7) is 0. The first-order chi connectivity index (χ1) is 10.5. The summed E-state index contributed by atoms with van der Waals surface area (Å²) in [7, 11) is 1.70. The van der Waals surface area contributed by atoms with E-state index in [9.17, 15) is 14.0 Å². The van der Waals surface area contributed by atoms with Crippen LogP contribution in [0, 0.1) is 11.7 Å². The summed E-state index contributed by atoms with van der Waals surface area (Å²) in [4.78, 5) is 24.8. The topological polar surface area (TPSA) is 75.4 Å². The number of hydrogen-bond donors (Lipinski definition) is 2. The van der Waals surface area contributed by atoms with Gasteiger partial charge < -0.3 is 16.0 Å². The fourth-order valence-electron chi connectivity index (χ4n) is 2.84. The maximum atomic E-state index is 13.7. The lowest BCUT2D eigenvalue weighted by molar-refractivity contribution is -0.125. The van der Waals surface area contributed by atoms with Crippen LogP contribution < -0.4 is 11.1 Å². The van der Waals surface area contributed by atoms with Crippen molar-refractivity contribution in [3.8, 4) is 0 Å². The summed E-state index contributed by atoms with van der Waals surface area (Å²) < 4.78 is 13.7. The van der Waals surface area contributed by atoms with Gasteiger partial charge in [-0.2, -0.15) is 0 Å². The van der Waals surface area contributed by atoms with Gasteiger partial charge in [0.05, 0.1) is 0 Å². The number of primary amides is 1. The Morgan fingerprint density at radius 3 is 2.59 bits per heavy atom. The number of hydrogen-bond acceptors (Lipinski definition) is 2. The molecule has 0 saturated heterocycles. The third kappa shape index (κ3) is 2.91. The Balaban J connectivity index is 1.60. The van der Waals surface area contributed by atoms with Gasteiger partial charge in [0.1, 0.15) is 5.82 Å². The molecule has 0 aliphatic heterocycles. The smallest absolute Gasteiger partial charge is 0.321 e. The van der Waals surface area contributed by atoms with E-state index < -0.39 is 0 Å². The minimum atomic E-state index is -0.308. The molecule has 5 nitrogen and oxygen atoms in total. The SMILES string of the molecule is CN(C(=O)Nc1ccc(F)c(C2CC2)c1)C1CC(C(N)=O)C1. The minimum Gasteiger partial charge on any atom is -0.369 e. The van der Waals surface area contributed by atoms with Gasteiger partial charge in [-0.25, -0.2) is 9.18 Å². The highest BCUT2D eigenvalue weighted by Gasteiger charge is 2.37. The molecule has 0 unspecified atom stereocenters. The molecule has 3 amide bonds. The van der Waals surface area contributed by atoms with E-state index in [0.29, 0.717) is 24.1 Å². The van der Waals surface area contributed by atoms with Crippen molar-refractivity contribution in [3.63, 3.8) is 0 Å². The Kier molecular flexibility index (Phi) is 3.76. The van der Waals surface area contributed by atoms with Crippen molar-refractivity contribution in [1.29, 1.82) is 0 Å². The fraction of sp³-hybridized carbons (Fsp3) is 0.500. The predicted octanol–water partition coefficient (Wildman–Crippen LogP) is 2.43. The van der Waals surface area contributed by atoms with Crippen LogP contribution in [0.15, 0.2) is 18.2 Å². The molecule has 2 fully saturated rings. The normalized spacial score (nSPS) is 23.5. The number of benzene rings is 1. The number of nitrogens with two attached hydrogens (primary N) is 1. The highest BCUT2D eigenvalue weighted by Crippen LogP contribution is 2.42. The highest BCUT2D eigenvalue weighted by atomic mass is 19.1. The summed E-state index contributed by atoms with van der Waals surface area (Å²) in [6, 6.07) is 4.46. The molecule has 0 aromatic heterocycles. The Labute approximate surface area is 128 Å². The first-order valence-corrected chi connectivity index (χ1v) is 7.58. The van der Waals surface area contributed by atoms with Crippen molar-refractivity contribution in [2.24, 2.45) is 11.7 Å². The van der Waals surface area contributed by atoms with Crippen LogP contribution in [-0.2, 0) is 4.79 Å². The number of rotatable bonds is 4. The van der Waals surface area contributed by atoms with Crippen LogP contribution in [0.5, 0.6) is 0 Å². The number of anilines is 1. The number of amides is 3. The predicted molar refractivity (Wildman–Crippen MR) is 80.9 cm³/mol. The van der Waals surface area contributed by atoms with Crippen molar-refractivity contribution in [1.82, 2.24) is 4.90 Å². The van der Waals surface area contributed by atoms with Gasteiger partial charge >= 0.3 is 6.03 Å². The van der Waals surface area contributed by atoms with E-state index in [1.807, 2.05) is 0 Å². The van der Waals surface area contributed by atoms with Crippen LogP contribution in [0.2, 0.25) is 0 Å². The standard InChI is InChI=1S/C16H20FN3O2/c1-20(12-6-10(7-12)15(18)21)16(22)19-11-4-5-14(17)13(8-11)9-2-3-9/h4-5,8-10,12H,2-3,6-7H2,1H3,(H2,18,21)(H,19,22). The van der Waals surface area contributed by atoms with Crippen LogP contribution in [0.4, 0.5) is 14.9 Å². The van der Waals surface area contributed by atoms with Gasteiger partial charge in [-0.15, -0.1) is 0 Å². The Morgan fingerprint density at radius 2 is 2.00 bits per heavy atom. The monoisotopic (exact) mass is 305 g/mol. The van der Waals surface area contributed by atoms with E-state index >= 15 is 0 Å². The number of nitrogens with zero attached hydrogens (tertiary/aromatic N) is 1. The van der Waals surface area contributed by atoms with Gasteiger partial charge in [-0.1, -0.05) is 0 Å². The third-order valence-corrected chi connectivity index (χ3v) is 4.65. The molecular formula is C16H20FN3O2. The molecule has 3 rings (SSSR count).